The van der Waals surface area contributed by atoms with Gasteiger partial charge in [-0.25, -0.2) is 4.39 Å². The third-order valence-corrected chi connectivity index (χ3v) is 3.27. The largest absolute Gasteiger partial charge is 0.316 e. The molecule has 0 atom stereocenters. The molecule has 1 aliphatic heterocycles. The summed E-state index contributed by atoms with van der Waals surface area (Å²) in [7, 11) is 0. The van der Waals surface area contributed by atoms with Crippen LogP contribution in [0.25, 0.3) is 0 Å². The molecule has 0 spiro atoms. The molecule has 14 heavy (non-hydrogen) atoms. The van der Waals surface area contributed by atoms with Crippen LogP contribution >= 0.6 is 0 Å². The first kappa shape index (κ1) is 9.66. The molecule has 2 rings (SSSR count). The highest BCUT2D eigenvalue weighted by Gasteiger charge is 2.35. The lowest BCUT2D eigenvalue weighted by Gasteiger charge is -2.42. The van der Waals surface area contributed by atoms with E-state index in [1.807, 2.05) is 12.1 Å². The van der Waals surface area contributed by atoms with Crippen LogP contribution in [0.1, 0.15) is 18.9 Å². The van der Waals surface area contributed by atoms with Gasteiger partial charge in [-0.2, -0.15) is 0 Å². The lowest BCUT2D eigenvalue weighted by Crippen LogP contribution is -2.54. The molecule has 0 radical (unpaired) electrons. The zero-order valence-corrected chi connectivity index (χ0v) is 8.52. The highest BCUT2D eigenvalue weighted by molar-refractivity contribution is 5.20. The minimum Gasteiger partial charge on any atom is -0.316 e. The first-order valence-electron chi connectivity index (χ1n) is 5.20. The molecule has 1 aliphatic rings. The number of hydrogen-bond acceptors (Lipinski definition) is 1. The van der Waals surface area contributed by atoms with Crippen LogP contribution in [0, 0.1) is 11.2 Å². The molecular weight excluding hydrogens is 177 g/mol. The molecule has 0 bridgehead atoms. The van der Waals surface area contributed by atoms with Gasteiger partial charge in [0, 0.05) is 13.1 Å². The maximum atomic E-state index is 13.4. The van der Waals surface area contributed by atoms with Gasteiger partial charge in [-0.3, -0.25) is 0 Å². The molecule has 1 nitrogen and oxygen atoms in total. The third kappa shape index (κ3) is 1.67. The molecule has 76 valence electrons. The molecule has 2 heteroatoms. The van der Waals surface area contributed by atoms with Crippen LogP contribution in [0.4, 0.5) is 4.39 Å². The monoisotopic (exact) mass is 193 g/mol. The summed E-state index contributed by atoms with van der Waals surface area (Å²) in [5, 5.41) is 3.27. The molecule has 0 unspecified atom stereocenters. The van der Waals surface area contributed by atoms with Crippen LogP contribution in [-0.2, 0) is 6.42 Å². The number of rotatable bonds is 3. The van der Waals surface area contributed by atoms with Crippen LogP contribution in [0.15, 0.2) is 24.3 Å². The summed E-state index contributed by atoms with van der Waals surface area (Å²) in [6, 6.07) is 7.10. The van der Waals surface area contributed by atoms with Crippen LogP contribution in [-0.4, -0.2) is 13.1 Å². The van der Waals surface area contributed by atoms with Crippen molar-refractivity contribution in [1.82, 2.24) is 5.32 Å². The Morgan fingerprint density at radius 1 is 1.36 bits per heavy atom. The van der Waals surface area contributed by atoms with E-state index in [0.717, 1.165) is 31.5 Å². The first-order valence-corrected chi connectivity index (χ1v) is 5.20. The molecular formula is C12H16FN. The van der Waals surface area contributed by atoms with Crippen LogP contribution < -0.4 is 5.32 Å². The van der Waals surface area contributed by atoms with Crippen molar-refractivity contribution in [1.29, 1.82) is 0 Å². The maximum absolute atomic E-state index is 13.4. The zero-order chi connectivity index (χ0) is 10.0. The molecule has 1 fully saturated rings. The summed E-state index contributed by atoms with van der Waals surface area (Å²) in [4.78, 5) is 0. The second kappa shape index (κ2) is 3.70. The number of hydrogen-bond donors (Lipinski definition) is 1. The summed E-state index contributed by atoms with van der Waals surface area (Å²) in [6.45, 7) is 4.23. The number of benzene rings is 1. The quantitative estimate of drug-likeness (QED) is 0.777. The van der Waals surface area contributed by atoms with E-state index in [1.54, 1.807) is 12.1 Å². The van der Waals surface area contributed by atoms with E-state index in [-0.39, 0.29) is 5.82 Å². The van der Waals surface area contributed by atoms with Crippen molar-refractivity contribution >= 4 is 0 Å². The molecule has 1 aromatic rings. The van der Waals surface area contributed by atoms with Crippen LogP contribution in [0.5, 0.6) is 0 Å². The number of nitrogens with one attached hydrogen (secondary N) is 1. The van der Waals surface area contributed by atoms with Crippen molar-refractivity contribution in [2.24, 2.45) is 5.41 Å². The Labute approximate surface area is 84.3 Å². The Morgan fingerprint density at radius 2 is 2.07 bits per heavy atom. The van der Waals surface area contributed by atoms with Crippen molar-refractivity contribution in [2.45, 2.75) is 19.8 Å². The van der Waals surface area contributed by atoms with E-state index in [1.165, 1.54) is 0 Å². The molecule has 0 aromatic heterocycles. The van der Waals surface area contributed by atoms with Gasteiger partial charge in [0.25, 0.3) is 0 Å². The molecule has 1 N–H and O–H groups in total. The fourth-order valence-electron chi connectivity index (χ4n) is 2.02. The van der Waals surface area contributed by atoms with Gasteiger partial charge in [0.2, 0.25) is 0 Å². The summed E-state index contributed by atoms with van der Waals surface area (Å²) in [6.07, 6.45) is 1.98. The fraction of sp³-hybridized carbons (Fsp3) is 0.500. The van der Waals surface area contributed by atoms with Gasteiger partial charge in [-0.05, 0) is 29.9 Å². The standard InChI is InChI=1S/C12H16FN/c1-2-12(8-14-9-12)7-10-5-3-4-6-11(10)13/h3-6,14H,2,7-9H2,1H3. The predicted molar refractivity (Wildman–Crippen MR) is 55.7 cm³/mol. The lowest BCUT2D eigenvalue weighted by atomic mass is 9.74. The van der Waals surface area contributed by atoms with Gasteiger partial charge in [0.15, 0.2) is 0 Å². The van der Waals surface area contributed by atoms with Crippen LogP contribution in [0.3, 0.4) is 0 Å². The minimum absolute atomic E-state index is 0.0628. The van der Waals surface area contributed by atoms with E-state index in [9.17, 15) is 4.39 Å². The second-order valence-electron chi connectivity index (χ2n) is 4.23. The lowest BCUT2D eigenvalue weighted by molar-refractivity contribution is 0.158. The van der Waals surface area contributed by atoms with Crippen molar-refractivity contribution in [3.63, 3.8) is 0 Å². The Bertz CT molecular complexity index is 312. The first-order chi connectivity index (χ1) is 6.76. The van der Waals surface area contributed by atoms with Gasteiger partial charge in [0.1, 0.15) is 5.82 Å². The average Bonchev–Trinajstić information content (AvgIpc) is 2.14. The van der Waals surface area contributed by atoms with Crippen molar-refractivity contribution in [2.75, 3.05) is 13.1 Å². The molecule has 1 heterocycles. The minimum atomic E-state index is -0.0628. The molecule has 0 aliphatic carbocycles. The van der Waals surface area contributed by atoms with Gasteiger partial charge in [-0.1, -0.05) is 25.1 Å². The molecule has 1 aromatic carbocycles. The summed E-state index contributed by atoms with van der Waals surface area (Å²) in [5.41, 5.74) is 1.16. The van der Waals surface area contributed by atoms with Crippen molar-refractivity contribution < 1.29 is 4.39 Å². The van der Waals surface area contributed by atoms with E-state index in [4.69, 9.17) is 0 Å². The Morgan fingerprint density at radius 3 is 2.57 bits per heavy atom. The van der Waals surface area contributed by atoms with E-state index >= 15 is 0 Å². The third-order valence-electron chi connectivity index (χ3n) is 3.27. The average molecular weight is 193 g/mol. The van der Waals surface area contributed by atoms with E-state index in [0.29, 0.717) is 5.41 Å². The Balaban J connectivity index is 2.13. The summed E-state index contributed by atoms with van der Waals surface area (Å²) < 4.78 is 13.4. The van der Waals surface area contributed by atoms with Gasteiger partial charge in [0.05, 0.1) is 0 Å². The highest BCUT2D eigenvalue weighted by atomic mass is 19.1. The Hall–Kier alpha value is -0.890. The van der Waals surface area contributed by atoms with Crippen molar-refractivity contribution in [3.05, 3.63) is 35.6 Å². The topological polar surface area (TPSA) is 12.0 Å². The summed E-state index contributed by atoms with van der Waals surface area (Å²) in [5.74, 6) is -0.0628. The Kier molecular flexibility index (Phi) is 2.55. The number of halogens is 1. The second-order valence-corrected chi connectivity index (χ2v) is 4.23. The smallest absolute Gasteiger partial charge is 0.126 e. The van der Waals surface area contributed by atoms with Gasteiger partial charge < -0.3 is 5.32 Å². The molecule has 0 amide bonds. The fourth-order valence-corrected chi connectivity index (χ4v) is 2.02. The van der Waals surface area contributed by atoms with Gasteiger partial charge in [-0.15, -0.1) is 0 Å². The molecule has 0 saturated carbocycles. The predicted octanol–water partition coefficient (Wildman–Crippen LogP) is 2.37. The summed E-state index contributed by atoms with van der Waals surface area (Å²) >= 11 is 0. The van der Waals surface area contributed by atoms with E-state index in [2.05, 4.69) is 12.2 Å². The normalized spacial score (nSPS) is 19.0. The van der Waals surface area contributed by atoms with Crippen LogP contribution in [0.2, 0.25) is 0 Å². The van der Waals surface area contributed by atoms with Crippen molar-refractivity contribution in [3.8, 4) is 0 Å². The van der Waals surface area contributed by atoms with E-state index < -0.39 is 0 Å². The zero-order valence-electron chi connectivity index (χ0n) is 8.52. The SMILES string of the molecule is CCC1(Cc2ccccc2F)CNC1. The maximum Gasteiger partial charge on any atom is 0.126 e. The molecule has 1 saturated heterocycles. The van der Waals surface area contributed by atoms with Gasteiger partial charge >= 0.3 is 0 Å². The highest BCUT2D eigenvalue weighted by Crippen LogP contribution is 2.31.